The Balaban J connectivity index is 1.25. The van der Waals surface area contributed by atoms with Gasteiger partial charge in [0.25, 0.3) is 17.7 Å². The zero-order chi connectivity index (χ0) is 24.4. The first kappa shape index (κ1) is 22.8. The maximum atomic E-state index is 13.1. The Morgan fingerprint density at radius 1 is 0.857 bits per heavy atom. The third kappa shape index (κ3) is 4.55. The fraction of sp³-hybridized carbons (Fsp3) is 0.250. The molecule has 1 saturated heterocycles. The van der Waals surface area contributed by atoms with E-state index in [1.807, 2.05) is 12.1 Å². The summed E-state index contributed by atoms with van der Waals surface area (Å²) in [5.74, 6) is -0.664. The van der Waals surface area contributed by atoms with Crippen LogP contribution in [-0.4, -0.2) is 60.9 Å². The van der Waals surface area contributed by atoms with Crippen molar-refractivity contribution >= 4 is 23.4 Å². The summed E-state index contributed by atoms with van der Waals surface area (Å²) >= 11 is 0. The average molecular weight is 470 g/mol. The quantitative estimate of drug-likeness (QED) is 0.516. The number of nitrogens with zero attached hydrogens (tertiary/aromatic N) is 3. The number of hydrogen-bond donors (Lipinski definition) is 0. The standard InChI is InChI=1S/C28H27N3O4/c1-29(19-22-6-2-5-9-25(22)30-14-16-35-17-15-30)26(32)21-12-10-20(11-13-21)18-31-27(33)23-7-3-4-8-24(23)28(31)34/h2-13H,14-19H2,1H3. The lowest BCUT2D eigenvalue weighted by molar-refractivity contribution is 0.0641. The molecule has 178 valence electrons. The highest BCUT2D eigenvalue weighted by molar-refractivity contribution is 6.21. The van der Waals surface area contributed by atoms with Crippen LogP contribution in [0, 0.1) is 0 Å². The summed E-state index contributed by atoms with van der Waals surface area (Å²) in [6.45, 7) is 3.74. The number of imide groups is 1. The molecule has 2 heterocycles. The van der Waals surface area contributed by atoms with Crippen LogP contribution in [0.1, 0.15) is 42.2 Å². The highest BCUT2D eigenvalue weighted by Crippen LogP contribution is 2.25. The molecule has 7 heteroatoms. The predicted octanol–water partition coefficient (Wildman–Crippen LogP) is 3.59. The van der Waals surface area contributed by atoms with Crippen LogP contribution in [0.4, 0.5) is 5.69 Å². The van der Waals surface area contributed by atoms with Crippen molar-refractivity contribution in [3.05, 3.63) is 101 Å². The van der Waals surface area contributed by atoms with Gasteiger partial charge >= 0.3 is 0 Å². The Morgan fingerprint density at radius 2 is 1.46 bits per heavy atom. The van der Waals surface area contributed by atoms with Gasteiger partial charge in [0.2, 0.25) is 0 Å². The van der Waals surface area contributed by atoms with Crippen LogP contribution in [0.25, 0.3) is 0 Å². The van der Waals surface area contributed by atoms with Gasteiger partial charge in [-0.15, -0.1) is 0 Å². The molecule has 7 nitrogen and oxygen atoms in total. The third-order valence-corrected chi connectivity index (χ3v) is 6.52. The first-order valence-electron chi connectivity index (χ1n) is 11.7. The number of morpholine rings is 1. The molecule has 2 aliphatic rings. The topological polar surface area (TPSA) is 70.2 Å². The molecular weight excluding hydrogens is 442 g/mol. The minimum absolute atomic E-state index is 0.0888. The van der Waals surface area contributed by atoms with Crippen molar-refractivity contribution in [2.45, 2.75) is 13.1 Å². The van der Waals surface area contributed by atoms with Gasteiger partial charge in [-0.2, -0.15) is 0 Å². The van der Waals surface area contributed by atoms with Crippen molar-refractivity contribution in [2.75, 3.05) is 38.3 Å². The van der Waals surface area contributed by atoms with E-state index >= 15 is 0 Å². The molecule has 2 aliphatic heterocycles. The Bertz CT molecular complexity index is 1230. The fourth-order valence-electron chi connectivity index (χ4n) is 4.62. The van der Waals surface area contributed by atoms with E-state index in [0.717, 1.165) is 29.9 Å². The molecule has 0 unspecified atom stereocenters. The second-order valence-electron chi connectivity index (χ2n) is 8.83. The minimum Gasteiger partial charge on any atom is -0.378 e. The van der Waals surface area contributed by atoms with Gasteiger partial charge in [-0.25, -0.2) is 0 Å². The summed E-state index contributed by atoms with van der Waals surface area (Å²) in [5.41, 5.74) is 4.43. The summed E-state index contributed by atoms with van der Waals surface area (Å²) in [4.78, 5) is 43.6. The van der Waals surface area contributed by atoms with Crippen molar-refractivity contribution in [3.8, 4) is 0 Å². The van der Waals surface area contributed by atoms with Gasteiger partial charge in [0.15, 0.2) is 0 Å². The zero-order valence-corrected chi connectivity index (χ0v) is 19.6. The summed E-state index contributed by atoms with van der Waals surface area (Å²) in [6, 6.07) is 22.1. The van der Waals surface area contributed by atoms with Crippen LogP contribution in [0.2, 0.25) is 0 Å². The van der Waals surface area contributed by atoms with Gasteiger partial charge in [0.05, 0.1) is 30.9 Å². The van der Waals surface area contributed by atoms with Crippen molar-refractivity contribution < 1.29 is 19.1 Å². The second-order valence-corrected chi connectivity index (χ2v) is 8.83. The summed E-state index contributed by atoms with van der Waals surface area (Å²) in [6.07, 6.45) is 0. The van der Waals surface area contributed by atoms with Crippen molar-refractivity contribution in [3.63, 3.8) is 0 Å². The fourth-order valence-corrected chi connectivity index (χ4v) is 4.62. The monoisotopic (exact) mass is 469 g/mol. The number of benzene rings is 3. The smallest absolute Gasteiger partial charge is 0.261 e. The molecule has 0 aliphatic carbocycles. The maximum absolute atomic E-state index is 13.1. The van der Waals surface area contributed by atoms with E-state index < -0.39 is 0 Å². The molecule has 35 heavy (non-hydrogen) atoms. The van der Waals surface area contributed by atoms with E-state index in [9.17, 15) is 14.4 Å². The molecule has 0 spiro atoms. The predicted molar refractivity (Wildman–Crippen MR) is 132 cm³/mol. The van der Waals surface area contributed by atoms with Crippen LogP contribution >= 0.6 is 0 Å². The van der Waals surface area contributed by atoms with Gasteiger partial charge in [0.1, 0.15) is 0 Å². The first-order chi connectivity index (χ1) is 17.0. The lowest BCUT2D eigenvalue weighted by atomic mass is 10.1. The highest BCUT2D eigenvalue weighted by atomic mass is 16.5. The molecule has 3 aromatic carbocycles. The third-order valence-electron chi connectivity index (χ3n) is 6.52. The molecule has 5 rings (SSSR count). The van der Waals surface area contributed by atoms with E-state index in [0.29, 0.717) is 36.4 Å². The van der Waals surface area contributed by atoms with E-state index in [1.165, 1.54) is 4.90 Å². The zero-order valence-electron chi connectivity index (χ0n) is 19.6. The largest absolute Gasteiger partial charge is 0.378 e. The second kappa shape index (κ2) is 9.72. The van der Waals surface area contributed by atoms with E-state index in [2.05, 4.69) is 17.0 Å². The number of carbonyl (C=O) groups excluding carboxylic acids is 3. The molecule has 0 bridgehead atoms. The Kier molecular flexibility index (Phi) is 6.33. The summed E-state index contributed by atoms with van der Waals surface area (Å²) in [5, 5.41) is 0. The Hall–Kier alpha value is -3.97. The van der Waals surface area contributed by atoms with Gasteiger partial charge in [-0.3, -0.25) is 19.3 Å². The molecule has 3 amide bonds. The molecule has 0 saturated carbocycles. The minimum atomic E-state index is -0.288. The number of anilines is 1. The van der Waals surface area contributed by atoms with Gasteiger partial charge < -0.3 is 14.5 Å². The van der Waals surface area contributed by atoms with Crippen LogP contribution in [0.5, 0.6) is 0 Å². The van der Waals surface area contributed by atoms with E-state index in [4.69, 9.17) is 4.74 Å². The lowest BCUT2D eigenvalue weighted by Gasteiger charge is -2.31. The highest BCUT2D eigenvalue weighted by Gasteiger charge is 2.34. The number of hydrogen-bond acceptors (Lipinski definition) is 5. The van der Waals surface area contributed by atoms with Crippen molar-refractivity contribution in [2.24, 2.45) is 0 Å². The Labute approximate surface area is 204 Å². The number of carbonyl (C=O) groups is 3. The van der Waals surface area contributed by atoms with Crippen LogP contribution in [-0.2, 0) is 17.8 Å². The number of para-hydroxylation sites is 1. The average Bonchev–Trinajstić information content (AvgIpc) is 3.14. The summed E-state index contributed by atoms with van der Waals surface area (Å²) in [7, 11) is 1.80. The maximum Gasteiger partial charge on any atom is 0.261 e. The lowest BCUT2D eigenvalue weighted by Crippen LogP contribution is -2.37. The number of rotatable bonds is 6. The number of amides is 3. The summed E-state index contributed by atoms with van der Waals surface area (Å²) < 4.78 is 5.47. The molecule has 0 aromatic heterocycles. The number of fused-ring (bicyclic) bond motifs is 1. The van der Waals surface area contributed by atoms with Gasteiger partial charge in [0, 0.05) is 37.9 Å². The molecule has 0 atom stereocenters. The SMILES string of the molecule is CN(Cc1ccccc1N1CCOCC1)C(=O)c1ccc(CN2C(=O)c3ccccc3C2=O)cc1. The number of ether oxygens (including phenoxy) is 1. The molecular formula is C28H27N3O4. The van der Waals surface area contributed by atoms with Crippen molar-refractivity contribution in [1.29, 1.82) is 0 Å². The molecule has 0 radical (unpaired) electrons. The van der Waals surface area contributed by atoms with Gasteiger partial charge in [-0.1, -0.05) is 42.5 Å². The van der Waals surface area contributed by atoms with Crippen molar-refractivity contribution in [1.82, 2.24) is 9.80 Å². The van der Waals surface area contributed by atoms with E-state index in [1.54, 1.807) is 60.5 Å². The molecule has 0 N–H and O–H groups in total. The normalized spacial score (nSPS) is 15.3. The molecule has 3 aromatic rings. The molecule has 1 fully saturated rings. The van der Waals surface area contributed by atoms with E-state index in [-0.39, 0.29) is 24.3 Å². The first-order valence-corrected chi connectivity index (χ1v) is 11.7. The van der Waals surface area contributed by atoms with Gasteiger partial charge in [-0.05, 0) is 41.5 Å². The van der Waals surface area contributed by atoms with Crippen LogP contribution < -0.4 is 4.90 Å². The van der Waals surface area contributed by atoms with Crippen LogP contribution in [0.15, 0.2) is 72.8 Å². The van der Waals surface area contributed by atoms with Crippen LogP contribution in [0.3, 0.4) is 0 Å². The Morgan fingerprint density at radius 3 is 2.11 bits per heavy atom.